The molecule has 162 valence electrons. The van der Waals surface area contributed by atoms with E-state index in [1.54, 1.807) is 38.1 Å². The fraction of sp³-hybridized carbons (Fsp3) is 0.333. The molecule has 2 aromatic carbocycles. The summed E-state index contributed by atoms with van der Waals surface area (Å²) in [5.41, 5.74) is 9.69. The van der Waals surface area contributed by atoms with Gasteiger partial charge in [0.2, 0.25) is 0 Å². The summed E-state index contributed by atoms with van der Waals surface area (Å²) in [5.74, 6) is 4.95. The van der Waals surface area contributed by atoms with Crippen LogP contribution >= 0.6 is 0 Å². The van der Waals surface area contributed by atoms with Crippen molar-refractivity contribution in [2.75, 3.05) is 0 Å². The zero-order valence-electron chi connectivity index (χ0n) is 17.7. The number of nitrogens with two attached hydrogens (primary N) is 1. The zero-order chi connectivity index (χ0) is 22.4. The first-order valence-electron chi connectivity index (χ1n) is 10.2. The number of nitrogens with one attached hydrogen (secondary N) is 3. The van der Waals surface area contributed by atoms with E-state index in [0.29, 0.717) is 11.6 Å². The number of amides is 2. The van der Waals surface area contributed by atoms with E-state index in [1.807, 2.05) is 12.1 Å². The average molecular weight is 421 g/mol. The lowest BCUT2D eigenvalue weighted by Crippen LogP contribution is -2.61. The number of hydrogen-bond acceptors (Lipinski definition) is 5. The number of hydroxylamine groups is 1. The molecule has 2 aromatic rings. The van der Waals surface area contributed by atoms with Crippen molar-refractivity contribution in [2.24, 2.45) is 5.73 Å². The molecule has 1 atom stereocenters. The van der Waals surface area contributed by atoms with Crippen LogP contribution in [0.5, 0.6) is 0 Å². The molecule has 0 radical (unpaired) electrons. The van der Waals surface area contributed by atoms with Crippen molar-refractivity contribution in [3.63, 3.8) is 0 Å². The van der Waals surface area contributed by atoms with Gasteiger partial charge < -0.3 is 16.4 Å². The van der Waals surface area contributed by atoms with E-state index >= 15 is 0 Å². The quantitative estimate of drug-likeness (QED) is 0.265. The smallest absolute Gasteiger partial charge is 0.267 e. The molecular formula is C24H28N4O3. The highest BCUT2D eigenvalue weighted by molar-refractivity contribution is 5.97. The van der Waals surface area contributed by atoms with Crippen LogP contribution in [-0.4, -0.2) is 34.6 Å². The lowest BCUT2D eigenvalue weighted by molar-refractivity contribution is -0.132. The van der Waals surface area contributed by atoms with Crippen LogP contribution in [0.15, 0.2) is 48.5 Å². The molecule has 1 unspecified atom stereocenters. The molecule has 3 rings (SSSR count). The average Bonchev–Trinajstić information content (AvgIpc) is 3.59. The van der Waals surface area contributed by atoms with Crippen LogP contribution < -0.4 is 21.8 Å². The van der Waals surface area contributed by atoms with Crippen molar-refractivity contribution in [3.05, 3.63) is 70.8 Å². The topological polar surface area (TPSA) is 116 Å². The van der Waals surface area contributed by atoms with Crippen molar-refractivity contribution >= 4 is 11.8 Å². The third-order valence-corrected chi connectivity index (χ3v) is 5.02. The van der Waals surface area contributed by atoms with Crippen LogP contribution in [0.2, 0.25) is 0 Å². The SMILES string of the molecule is CC(C)(N)C(NC(=O)c1ccc(C#Cc2ccc(CNC3CC3)cc2)cc1)C(=O)NO. The number of carbonyl (C=O) groups is 2. The molecule has 1 aliphatic rings. The molecule has 1 saturated carbocycles. The van der Waals surface area contributed by atoms with Crippen LogP contribution in [0.25, 0.3) is 0 Å². The summed E-state index contributed by atoms with van der Waals surface area (Å²) in [6.45, 7) is 4.05. The van der Waals surface area contributed by atoms with Gasteiger partial charge in [-0.1, -0.05) is 24.0 Å². The van der Waals surface area contributed by atoms with Gasteiger partial charge in [-0.05, 0) is 68.7 Å². The van der Waals surface area contributed by atoms with E-state index in [1.165, 1.54) is 23.9 Å². The minimum absolute atomic E-state index is 0.359. The van der Waals surface area contributed by atoms with Gasteiger partial charge in [0.25, 0.3) is 11.8 Å². The first-order valence-corrected chi connectivity index (χ1v) is 10.2. The van der Waals surface area contributed by atoms with Crippen LogP contribution in [0.4, 0.5) is 0 Å². The first kappa shape index (κ1) is 22.5. The standard InChI is InChI=1S/C24H28N4O3/c1-24(2,25)21(23(30)28-31)27-22(29)19-11-9-17(10-12-19)4-3-16-5-7-18(8-6-16)15-26-20-13-14-20/h5-12,20-21,26,31H,13-15,25H2,1-2H3,(H,27,29)(H,28,30). The highest BCUT2D eigenvalue weighted by atomic mass is 16.5. The summed E-state index contributed by atoms with van der Waals surface area (Å²) in [7, 11) is 0. The molecular weight excluding hydrogens is 392 g/mol. The number of rotatable bonds is 7. The van der Waals surface area contributed by atoms with Crippen LogP contribution in [-0.2, 0) is 11.3 Å². The second-order valence-corrected chi connectivity index (χ2v) is 8.38. The van der Waals surface area contributed by atoms with E-state index in [4.69, 9.17) is 10.9 Å². The van der Waals surface area contributed by atoms with Crippen molar-refractivity contribution in [1.82, 2.24) is 16.1 Å². The fourth-order valence-corrected chi connectivity index (χ4v) is 2.97. The summed E-state index contributed by atoms with van der Waals surface area (Å²) in [4.78, 5) is 24.3. The molecule has 0 aliphatic heterocycles. The van der Waals surface area contributed by atoms with Crippen molar-refractivity contribution < 1.29 is 14.8 Å². The van der Waals surface area contributed by atoms with Crippen molar-refractivity contribution in [3.8, 4) is 11.8 Å². The van der Waals surface area contributed by atoms with Gasteiger partial charge in [0.1, 0.15) is 6.04 Å². The van der Waals surface area contributed by atoms with Gasteiger partial charge in [-0.3, -0.25) is 14.8 Å². The molecule has 1 fully saturated rings. The van der Waals surface area contributed by atoms with Gasteiger partial charge in [0, 0.05) is 34.8 Å². The van der Waals surface area contributed by atoms with Crippen LogP contribution in [0, 0.1) is 11.8 Å². The molecule has 6 N–H and O–H groups in total. The minimum Gasteiger partial charge on any atom is -0.338 e. The van der Waals surface area contributed by atoms with Gasteiger partial charge in [0.05, 0.1) is 0 Å². The van der Waals surface area contributed by atoms with Gasteiger partial charge in [0.15, 0.2) is 0 Å². The van der Waals surface area contributed by atoms with Crippen LogP contribution in [0.1, 0.15) is 53.7 Å². The third kappa shape index (κ3) is 6.66. The number of benzene rings is 2. The van der Waals surface area contributed by atoms with Crippen molar-refractivity contribution in [1.29, 1.82) is 0 Å². The maximum atomic E-state index is 12.5. The van der Waals surface area contributed by atoms with Gasteiger partial charge in [-0.25, -0.2) is 5.48 Å². The lowest BCUT2D eigenvalue weighted by Gasteiger charge is -2.29. The van der Waals surface area contributed by atoms with E-state index in [-0.39, 0.29) is 0 Å². The van der Waals surface area contributed by atoms with Gasteiger partial charge >= 0.3 is 0 Å². The Kier molecular flexibility index (Phi) is 7.08. The summed E-state index contributed by atoms with van der Waals surface area (Å²) >= 11 is 0. The number of carbonyl (C=O) groups excluding carboxylic acids is 2. The monoisotopic (exact) mass is 420 g/mol. The van der Waals surface area contributed by atoms with E-state index in [9.17, 15) is 9.59 Å². The normalized spacial score (nSPS) is 14.2. The Bertz CT molecular complexity index is 979. The molecule has 0 heterocycles. The summed E-state index contributed by atoms with van der Waals surface area (Å²) in [6, 6.07) is 14.5. The molecule has 0 spiro atoms. The molecule has 7 heteroatoms. The fourth-order valence-electron chi connectivity index (χ4n) is 2.97. The summed E-state index contributed by atoms with van der Waals surface area (Å²) in [5, 5.41) is 14.9. The minimum atomic E-state index is -1.09. The number of hydrogen-bond donors (Lipinski definition) is 5. The van der Waals surface area contributed by atoms with E-state index in [2.05, 4.69) is 34.6 Å². The molecule has 0 bridgehead atoms. The second-order valence-electron chi connectivity index (χ2n) is 8.38. The van der Waals surface area contributed by atoms with Gasteiger partial charge in [-0.15, -0.1) is 0 Å². The maximum Gasteiger partial charge on any atom is 0.267 e. The Morgan fingerprint density at radius 3 is 2.10 bits per heavy atom. The Morgan fingerprint density at radius 2 is 1.61 bits per heavy atom. The molecule has 31 heavy (non-hydrogen) atoms. The Hall–Kier alpha value is -3.18. The zero-order valence-corrected chi connectivity index (χ0v) is 17.7. The largest absolute Gasteiger partial charge is 0.338 e. The van der Waals surface area contributed by atoms with Crippen LogP contribution in [0.3, 0.4) is 0 Å². The molecule has 0 aromatic heterocycles. The predicted octanol–water partition coefficient (Wildman–Crippen LogP) is 1.68. The highest BCUT2D eigenvalue weighted by Crippen LogP contribution is 2.19. The third-order valence-electron chi connectivity index (χ3n) is 5.02. The highest BCUT2D eigenvalue weighted by Gasteiger charge is 2.33. The van der Waals surface area contributed by atoms with Gasteiger partial charge in [-0.2, -0.15) is 0 Å². The predicted molar refractivity (Wildman–Crippen MR) is 118 cm³/mol. The van der Waals surface area contributed by atoms with E-state index < -0.39 is 23.4 Å². The Morgan fingerprint density at radius 1 is 1.06 bits per heavy atom. The maximum absolute atomic E-state index is 12.5. The van der Waals surface area contributed by atoms with E-state index in [0.717, 1.165) is 17.7 Å². The van der Waals surface area contributed by atoms with Crippen molar-refractivity contribution in [2.45, 2.75) is 50.9 Å². The molecule has 0 saturated heterocycles. The Labute approximate surface area is 182 Å². The molecule has 7 nitrogen and oxygen atoms in total. The molecule has 2 amide bonds. The summed E-state index contributed by atoms with van der Waals surface area (Å²) in [6.07, 6.45) is 2.54. The summed E-state index contributed by atoms with van der Waals surface area (Å²) < 4.78 is 0. The first-order chi connectivity index (χ1) is 14.8. The Balaban J connectivity index is 1.61. The second kappa shape index (κ2) is 9.75. The molecule has 1 aliphatic carbocycles. The lowest BCUT2D eigenvalue weighted by atomic mass is 9.95.